The lowest BCUT2D eigenvalue weighted by Crippen LogP contribution is -2.30. The first-order chi connectivity index (χ1) is 9.50. The molecule has 6 nitrogen and oxygen atoms in total. The molecule has 2 atom stereocenters. The van der Waals surface area contributed by atoms with E-state index in [4.69, 9.17) is 0 Å². The number of hydrogen-bond donors (Lipinski definition) is 2. The van der Waals surface area contributed by atoms with E-state index in [1.54, 1.807) is 0 Å². The van der Waals surface area contributed by atoms with Crippen LogP contribution in [-0.4, -0.2) is 22.5 Å². The molecular weight excluding hydrogens is 260 g/mol. The molecule has 0 spiro atoms. The van der Waals surface area contributed by atoms with Gasteiger partial charge in [0.05, 0.1) is 10.5 Å². The van der Waals surface area contributed by atoms with Crippen molar-refractivity contribution < 1.29 is 14.8 Å². The topological polar surface area (TPSA) is 92.5 Å². The van der Waals surface area contributed by atoms with Gasteiger partial charge in [-0.25, -0.2) is 0 Å². The van der Waals surface area contributed by atoms with E-state index in [-0.39, 0.29) is 5.56 Å². The van der Waals surface area contributed by atoms with Crippen molar-refractivity contribution in [3.63, 3.8) is 0 Å². The summed E-state index contributed by atoms with van der Waals surface area (Å²) in [5.74, 6) is -0.0198. The van der Waals surface area contributed by atoms with Crippen LogP contribution < -0.4 is 5.32 Å². The van der Waals surface area contributed by atoms with Gasteiger partial charge in [-0.3, -0.25) is 14.9 Å². The molecule has 1 aromatic carbocycles. The number of rotatable bonds is 4. The van der Waals surface area contributed by atoms with Gasteiger partial charge in [0.15, 0.2) is 0 Å². The molecule has 2 rings (SSSR count). The number of nitrogens with one attached hydrogen (secondary N) is 1. The SMILES string of the molecule is CC1CCCC1CNC(=O)c1cccc([N+](=O)[O-])c1O. The number of nitro groups is 1. The highest BCUT2D eigenvalue weighted by Crippen LogP contribution is 2.31. The Labute approximate surface area is 117 Å². The Bertz CT molecular complexity index is 530. The highest BCUT2D eigenvalue weighted by Gasteiger charge is 2.25. The standard InChI is InChI=1S/C14H18N2O4/c1-9-4-2-5-10(9)8-15-14(18)11-6-3-7-12(13(11)17)16(19)20/h3,6-7,9-10,17H,2,4-5,8H2,1H3,(H,15,18). The van der Waals surface area contributed by atoms with Crippen molar-refractivity contribution in [3.05, 3.63) is 33.9 Å². The number of carbonyl (C=O) groups excluding carboxylic acids is 1. The van der Waals surface area contributed by atoms with Crippen molar-refractivity contribution in [1.29, 1.82) is 0 Å². The third-order valence-corrected chi connectivity index (χ3v) is 4.02. The van der Waals surface area contributed by atoms with E-state index in [1.165, 1.54) is 31.0 Å². The Hall–Kier alpha value is -2.11. The molecule has 0 radical (unpaired) electrons. The fourth-order valence-corrected chi connectivity index (χ4v) is 2.71. The van der Waals surface area contributed by atoms with Gasteiger partial charge in [-0.2, -0.15) is 0 Å². The zero-order valence-corrected chi connectivity index (χ0v) is 11.3. The Morgan fingerprint density at radius 2 is 2.25 bits per heavy atom. The van der Waals surface area contributed by atoms with Crippen molar-refractivity contribution in [1.82, 2.24) is 5.32 Å². The van der Waals surface area contributed by atoms with Crippen LogP contribution in [0, 0.1) is 22.0 Å². The van der Waals surface area contributed by atoms with Crippen molar-refractivity contribution >= 4 is 11.6 Å². The summed E-state index contributed by atoms with van der Waals surface area (Å²) in [6.45, 7) is 2.71. The van der Waals surface area contributed by atoms with Crippen LogP contribution in [0.4, 0.5) is 5.69 Å². The van der Waals surface area contributed by atoms with Crippen LogP contribution in [0.3, 0.4) is 0 Å². The summed E-state index contributed by atoms with van der Waals surface area (Å²) in [6, 6.07) is 3.95. The van der Waals surface area contributed by atoms with Gasteiger partial charge in [0.2, 0.25) is 5.75 Å². The summed E-state index contributed by atoms with van der Waals surface area (Å²) in [6.07, 6.45) is 3.43. The Morgan fingerprint density at radius 1 is 1.50 bits per heavy atom. The fourth-order valence-electron chi connectivity index (χ4n) is 2.71. The number of benzene rings is 1. The summed E-state index contributed by atoms with van der Waals surface area (Å²) >= 11 is 0. The number of amides is 1. The average Bonchev–Trinajstić information content (AvgIpc) is 2.81. The molecule has 20 heavy (non-hydrogen) atoms. The predicted molar refractivity (Wildman–Crippen MR) is 73.6 cm³/mol. The van der Waals surface area contributed by atoms with Crippen molar-refractivity contribution in [2.24, 2.45) is 11.8 Å². The zero-order valence-electron chi connectivity index (χ0n) is 11.3. The van der Waals surface area contributed by atoms with Gasteiger partial charge in [-0.1, -0.05) is 25.8 Å². The first kappa shape index (κ1) is 14.3. The van der Waals surface area contributed by atoms with E-state index in [0.29, 0.717) is 18.4 Å². The minimum Gasteiger partial charge on any atom is -0.502 e. The maximum Gasteiger partial charge on any atom is 0.311 e. The first-order valence-corrected chi connectivity index (χ1v) is 6.75. The van der Waals surface area contributed by atoms with Crippen molar-refractivity contribution in [2.45, 2.75) is 26.2 Å². The molecule has 0 bridgehead atoms. The summed E-state index contributed by atoms with van der Waals surface area (Å²) in [4.78, 5) is 22.0. The van der Waals surface area contributed by atoms with Crippen LogP contribution in [0.25, 0.3) is 0 Å². The summed E-state index contributed by atoms with van der Waals surface area (Å²) < 4.78 is 0. The normalized spacial score (nSPS) is 21.6. The predicted octanol–water partition coefficient (Wildman–Crippen LogP) is 2.47. The maximum absolute atomic E-state index is 12.0. The molecule has 0 saturated heterocycles. The van der Waals surface area contributed by atoms with Crippen LogP contribution in [0.1, 0.15) is 36.5 Å². The molecule has 1 amide bonds. The molecule has 1 aromatic rings. The molecule has 0 heterocycles. The number of hydrogen-bond acceptors (Lipinski definition) is 4. The molecule has 1 aliphatic carbocycles. The van der Waals surface area contributed by atoms with Gasteiger partial charge >= 0.3 is 5.69 Å². The fraction of sp³-hybridized carbons (Fsp3) is 0.500. The molecule has 2 N–H and O–H groups in total. The highest BCUT2D eigenvalue weighted by atomic mass is 16.6. The van der Waals surface area contributed by atoms with Gasteiger partial charge in [0, 0.05) is 12.6 Å². The van der Waals surface area contributed by atoms with Crippen molar-refractivity contribution in [3.8, 4) is 5.75 Å². The second kappa shape index (κ2) is 5.90. The second-order valence-corrected chi connectivity index (χ2v) is 5.31. The molecular formula is C14H18N2O4. The Morgan fingerprint density at radius 3 is 2.85 bits per heavy atom. The van der Waals surface area contributed by atoms with E-state index in [9.17, 15) is 20.0 Å². The molecule has 6 heteroatoms. The third kappa shape index (κ3) is 2.89. The third-order valence-electron chi connectivity index (χ3n) is 4.02. The zero-order chi connectivity index (χ0) is 14.7. The first-order valence-electron chi connectivity index (χ1n) is 6.75. The highest BCUT2D eigenvalue weighted by molar-refractivity contribution is 5.98. The smallest absolute Gasteiger partial charge is 0.311 e. The van der Waals surface area contributed by atoms with E-state index in [1.807, 2.05) is 0 Å². The van der Waals surface area contributed by atoms with Crippen LogP contribution in [-0.2, 0) is 0 Å². The summed E-state index contributed by atoms with van der Waals surface area (Å²) in [5.41, 5.74) is -0.503. The van der Waals surface area contributed by atoms with E-state index in [0.717, 1.165) is 6.42 Å². The van der Waals surface area contributed by atoms with Gasteiger partial charge in [0.25, 0.3) is 5.91 Å². The number of nitrogens with zero attached hydrogens (tertiary/aromatic N) is 1. The summed E-state index contributed by atoms with van der Waals surface area (Å²) in [5, 5.41) is 23.2. The monoisotopic (exact) mass is 278 g/mol. The quantitative estimate of drug-likeness (QED) is 0.653. The molecule has 0 aliphatic heterocycles. The second-order valence-electron chi connectivity index (χ2n) is 5.31. The molecule has 0 aromatic heterocycles. The van der Waals surface area contributed by atoms with Gasteiger partial charge in [-0.15, -0.1) is 0 Å². The van der Waals surface area contributed by atoms with Crippen LogP contribution in [0.15, 0.2) is 18.2 Å². The maximum atomic E-state index is 12.0. The molecule has 2 unspecified atom stereocenters. The molecule has 1 aliphatic rings. The van der Waals surface area contributed by atoms with E-state index in [2.05, 4.69) is 12.2 Å². The number of phenolic OH excluding ortho intramolecular Hbond substituents is 1. The van der Waals surface area contributed by atoms with E-state index < -0.39 is 22.3 Å². The lowest BCUT2D eigenvalue weighted by Gasteiger charge is -2.16. The van der Waals surface area contributed by atoms with Crippen molar-refractivity contribution in [2.75, 3.05) is 6.54 Å². The minimum absolute atomic E-state index is 0.0511. The average molecular weight is 278 g/mol. The van der Waals surface area contributed by atoms with Gasteiger partial charge < -0.3 is 10.4 Å². The largest absolute Gasteiger partial charge is 0.502 e. The number of nitro benzene ring substituents is 1. The van der Waals surface area contributed by atoms with Gasteiger partial charge in [0.1, 0.15) is 0 Å². The van der Waals surface area contributed by atoms with Crippen LogP contribution in [0.2, 0.25) is 0 Å². The Balaban J connectivity index is 2.06. The van der Waals surface area contributed by atoms with Crippen LogP contribution in [0.5, 0.6) is 5.75 Å². The number of phenols is 1. The number of aromatic hydroxyl groups is 1. The lowest BCUT2D eigenvalue weighted by molar-refractivity contribution is -0.385. The van der Waals surface area contributed by atoms with E-state index >= 15 is 0 Å². The summed E-state index contributed by atoms with van der Waals surface area (Å²) in [7, 11) is 0. The van der Waals surface area contributed by atoms with Crippen LogP contribution >= 0.6 is 0 Å². The minimum atomic E-state index is -0.703. The molecule has 108 valence electrons. The Kier molecular flexibility index (Phi) is 4.22. The molecule has 1 fully saturated rings. The number of carbonyl (C=O) groups is 1. The number of para-hydroxylation sites is 1. The van der Waals surface area contributed by atoms with Gasteiger partial charge in [-0.05, 0) is 24.3 Å². The lowest BCUT2D eigenvalue weighted by atomic mass is 9.98. The molecule has 1 saturated carbocycles.